The van der Waals surface area contributed by atoms with E-state index in [0.29, 0.717) is 46.1 Å². The van der Waals surface area contributed by atoms with Gasteiger partial charge in [-0.15, -0.1) is 0 Å². The van der Waals surface area contributed by atoms with Crippen LogP contribution in [0.5, 0.6) is 5.75 Å². The SMILES string of the molecule is CCOc1c(C(C)=O)c([S+]([O-])CCCc2cncnc2)nc2c(Cl)ccc(Cl)c12. The molecular weight excluding hydrogens is 433 g/mol. The molecule has 152 valence electrons. The molecule has 0 N–H and O–H groups in total. The molecule has 29 heavy (non-hydrogen) atoms. The minimum absolute atomic E-state index is 0.168. The summed E-state index contributed by atoms with van der Waals surface area (Å²) in [6.45, 7) is 3.50. The molecule has 0 radical (unpaired) electrons. The molecule has 0 bridgehead atoms. The molecule has 9 heteroatoms. The van der Waals surface area contributed by atoms with E-state index in [0.717, 1.165) is 5.56 Å². The zero-order valence-electron chi connectivity index (χ0n) is 15.9. The van der Waals surface area contributed by atoms with Gasteiger partial charge in [-0.2, -0.15) is 4.98 Å². The van der Waals surface area contributed by atoms with E-state index >= 15 is 0 Å². The van der Waals surface area contributed by atoms with Crippen molar-refractivity contribution in [2.75, 3.05) is 12.4 Å². The van der Waals surface area contributed by atoms with Crippen LogP contribution in [-0.4, -0.2) is 37.6 Å². The lowest BCUT2D eigenvalue weighted by Gasteiger charge is -2.18. The van der Waals surface area contributed by atoms with Crippen molar-refractivity contribution < 1.29 is 14.1 Å². The maximum absolute atomic E-state index is 13.1. The largest absolute Gasteiger partial charge is 0.610 e. The number of ether oxygens (including phenoxy) is 1. The van der Waals surface area contributed by atoms with Crippen molar-refractivity contribution in [3.8, 4) is 5.75 Å². The van der Waals surface area contributed by atoms with Crippen LogP contribution >= 0.6 is 23.2 Å². The monoisotopic (exact) mass is 451 g/mol. The van der Waals surface area contributed by atoms with Crippen molar-refractivity contribution >= 4 is 51.1 Å². The lowest BCUT2D eigenvalue weighted by Crippen LogP contribution is -2.16. The minimum Gasteiger partial charge on any atom is -0.610 e. The van der Waals surface area contributed by atoms with Gasteiger partial charge < -0.3 is 9.29 Å². The number of rotatable bonds is 8. The number of benzene rings is 1. The van der Waals surface area contributed by atoms with E-state index in [1.807, 2.05) is 0 Å². The van der Waals surface area contributed by atoms with Crippen LogP contribution in [0.25, 0.3) is 10.9 Å². The molecule has 6 nitrogen and oxygen atoms in total. The molecule has 3 aromatic rings. The first-order chi connectivity index (χ1) is 13.9. The number of aryl methyl sites for hydroxylation is 1. The molecule has 0 fully saturated rings. The van der Waals surface area contributed by atoms with Gasteiger partial charge in [0.25, 0.3) is 5.03 Å². The van der Waals surface area contributed by atoms with Crippen LogP contribution in [0.4, 0.5) is 0 Å². The molecular formula is C20H19Cl2N3O3S. The van der Waals surface area contributed by atoms with Crippen molar-refractivity contribution in [3.63, 3.8) is 0 Å². The molecule has 1 atom stereocenters. The highest BCUT2D eigenvalue weighted by Crippen LogP contribution is 2.40. The van der Waals surface area contributed by atoms with Gasteiger partial charge in [0.15, 0.2) is 5.78 Å². The number of hydrogen-bond acceptors (Lipinski definition) is 6. The van der Waals surface area contributed by atoms with Crippen molar-refractivity contribution in [2.45, 2.75) is 31.7 Å². The average Bonchev–Trinajstić information content (AvgIpc) is 2.71. The summed E-state index contributed by atoms with van der Waals surface area (Å²) in [4.78, 5) is 24.9. The Kier molecular flexibility index (Phi) is 7.29. The fourth-order valence-electron chi connectivity index (χ4n) is 2.97. The topological polar surface area (TPSA) is 88.0 Å². The molecule has 0 saturated carbocycles. The number of fused-ring (bicyclic) bond motifs is 1. The molecule has 2 heterocycles. The van der Waals surface area contributed by atoms with Gasteiger partial charge in [0.05, 0.1) is 27.6 Å². The van der Waals surface area contributed by atoms with E-state index < -0.39 is 11.2 Å². The zero-order chi connectivity index (χ0) is 21.0. The quantitative estimate of drug-likeness (QED) is 0.365. The van der Waals surface area contributed by atoms with E-state index in [1.54, 1.807) is 31.5 Å². The van der Waals surface area contributed by atoms with E-state index in [4.69, 9.17) is 27.9 Å². The first kappa shape index (κ1) is 21.8. The predicted octanol–water partition coefficient (Wildman–Crippen LogP) is 4.67. The Morgan fingerprint density at radius 3 is 2.55 bits per heavy atom. The predicted molar refractivity (Wildman–Crippen MR) is 115 cm³/mol. The molecule has 0 aliphatic heterocycles. The average molecular weight is 452 g/mol. The van der Waals surface area contributed by atoms with Crippen molar-refractivity contribution in [2.24, 2.45) is 0 Å². The van der Waals surface area contributed by atoms with E-state index in [2.05, 4.69) is 15.0 Å². The van der Waals surface area contributed by atoms with Gasteiger partial charge in [0.1, 0.15) is 23.4 Å². The van der Waals surface area contributed by atoms with Gasteiger partial charge >= 0.3 is 0 Å². The van der Waals surface area contributed by atoms with Crippen LogP contribution < -0.4 is 4.74 Å². The van der Waals surface area contributed by atoms with Crippen LogP contribution in [0.2, 0.25) is 10.0 Å². The zero-order valence-corrected chi connectivity index (χ0v) is 18.3. The molecule has 1 aromatic carbocycles. The molecule has 0 amide bonds. The molecule has 0 aliphatic carbocycles. The molecule has 0 saturated heterocycles. The van der Waals surface area contributed by atoms with Crippen LogP contribution in [0.15, 0.2) is 35.9 Å². The van der Waals surface area contributed by atoms with E-state index in [9.17, 15) is 9.35 Å². The second-order valence-electron chi connectivity index (χ2n) is 6.26. The standard InChI is InChI=1S/C20H19Cl2N3O3S/c1-3-28-19-16(12(2)26)20(25-18-15(22)7-6-14(21)17(18)19)29(27)8-4-5-13-9-23-11-24-10-13/h6-7,9-11H,3-5,8H2,1-2H3. The third-order valence-electron chi connectivity index (χ3n) is 4.22. The number of halogens is 2. The van der Waals surface area contributed by atoms with Gasteiger partial charge in [-0.05, 0) is 44.4 Å². The second kappa shape index (κ2) is 9.71. The lowest BCUT2D eigenvalue weighted by atomic mass is 10.1. The number of carbonyl (C=O) groups excluding carboxylic acids is 1. The normalized spacial score (nSPS) is 12.2. The van der Waals surface area contributed by atoms with Gasteiger partial charge in [-0.1, -0.05) is 23.2 Å². The Balaban J connectivity index is 2.02. The summed E-state index contributed by atoms with van der Waals surface area (Å²) >= 11 is 11.1. The van der Waals surface area contributed by atoms with Gasteiger partial charge in [0, 0.05) is 23.6 Å². The summed E-state index contributed by atoms with van der Waals surface area (Å²) in [6.07, 6.45) is 6.19. The molecule has 3 rings (SSSR count). The van der Waals surface area contributed by atoms with Crippen LogP contribution in [0, 0.1) is 0 Å². The molecule has 0 aliphatic rings. The smallest absolute Gasteiger partial charge is 0.259 e. The Morgan fingerprint density at radius 1 is 1.21 bits per heavy atom. The first-order valence-electron chi connectivity index (χ1n) is 9.01. The maximum Gasteiger partial charge on any atom is 0.259 e. The number of Topliss-reactive ketones (excluding diaryl/α,β-unsaturated/α-hetero) is 1. The fraction of sp³-hybridized carbons (Fsp3) is 0.300. The summed E-state index contributed by atoms with van der Waals surface area (Å²) < 4.78 is 18.8. The number of aromatic nitrogens is 3. The highest BCUT2D eigenvalue weighted by Gasteiger charge is 2.29. The number of nitrogens with zero attached hydrogens (tertiary/aromatic N) is 3. The number of carbonyl (C=O) groups is 1. The van der Waals surface area contributed by atoms with Crippen LogP contribution in [-0.2, 0) is 17.6 Å². The summed E-state index contributed by atoms with van der Waals surface area (Å²) in [5.41, 5.74) is 1.50. The maximum atomic E-state index is 13.1. The molecule has 1 unspecified atom stereocenters. The first-order valence-corrected chi connectivity index (χ1v) is 11.1. The Labute approximate surface area is 181 Å². The van der Waals surface area contributed by atoms with Gasteiger partial charge in [-0.25, -0.2) is 9.97 Å². The van der Waals surface area contributed by atoms with Crippen molar-refractivity contribution in [1.29, 1.82) is 0 Å². The number of ketones is 1. The summed E-state index contributed by atoms with van der Waals surface area (Å²) in [5.74, 6) is 0.299. The number of pyridine rings is 1. The van der Waals surface area contributed by atoms with E-state index in [-0.39, 0.29) is 22.1 Å². The highest BCUT2D eigenvalue weighted by molar-refractivity contribution is 7.91. The fourth-order valence-corrected chi connectivity index (χ4v) is 4.67. The van der Waals surface area contributed by atoms with Crippen LogP contribution in [0.1, 0.15) is 36.2 Å². The second-order valence-corrected chi connectivity index (χ2v) is 8.56. The lowest BCUT2D eigenvalue weighted by molar-refractivity contribution is 0.101. The Bertz CT molecular complexity index is 1030. The Morgan fingerprint density at radius 2 is 1.90 bits per heavy atom. The third-order valence-corrected chi connectivity index (χ3v) is 6.23. The highest BCUT2D eigenvalue weighted by atomic mass is 35.5. The van der Waals surface area contributed by atoms with Crippen LogP contribution in [0.3, 0.4) is 0 Å². The summed E-state index contributed by atoms with van der Waals surface area (Å²) in [6, 6.07) is 3.24. The minimum atomic E-state index is -1.53. The summed E-state index contributed by atoms with van der Waals surface area (Å²) in [7, 11) is 0. The Hall–Kier alpha value is -1.93. The number of hydrogen-bond donors (Lipinski definition) is 0. The summed E-state index contributed by atoms with van der Waals surface area (Å²) in [5, 5.41) is 1.33. The third kappa shape index (κ3) is 4.80. The molecule has 2 aromatic heterocycles. The van der Waals surface area contributed by atoms with Gasteiger partial charge in [-0.3, -0.25) is 4.79 Å². The van der Waals surface area contributed by atoms with Gasteiger partial charge in [0.2, 0.25) is 0 Å². The van der Waals surface area contributed by atoms with Crippen molar-refractivity contribution in [1.82, 2.24) is 15.0 Å². The van der Waals surface area contributed by atoms with Crippen molar-refractivity contribution in [3.05, 3.63) is 52.0 Å². The van der Waals surface area contributed by atoms with E-state index in [1.165, 1.54) is 13.3 Å². The molecule has 0 spiro atoms.